The van der Waals surface area contributed by atoms with E-state index >= 15 is 0 Å². The van der Waals surface area contributed by atoms with Crippen LogP contribution in [0.15, 0.2) is 51.8 Å². The Kier molecular flexibility index (Phi) is 3.37. The summed E-state index contributed by atoms with van der Waals surface area (Å²) in [5.41, 5.74) is 3.10. The number of thioether (sulfide) groups is 1. The Labute approximate surface area is 124 Å². The standard InChI is InChI=1S/C15H12BrNOS/c1-9-5-2-3-6-10(9)14-15(18)17-13-11(16)7-4-8-12(13)19-14/h2-8,14H,1H3,(H,17,18). The number of aryl methyl sites for hydroxylation is 1. The molecule has 4 heteroatoms. The second-order valence-corrected chi connectivity index (χ2v) is 6.46. The highest BCUT2D eigenvalue weighted by Gasteiger charge is 2.30. The molecule has 1 N–H and O–H groups in total. The van der Waals surface area contributed by atoms with Crippen LogP contribution in [0.25, 0.3) is 0 Å². The second kappa shape index (κ2) is 5.02. The number of nitrogens with one attached hydrogen (secondary N) is 1. The molecule has 3 rings (SSSR count). The molecule has 0 spiro atoms. The molecular weight excluding hydrogens is 322 g/mol. The number of benzene rings is 2. The number of hydrogen-bond donors (Lipinski definition) is 1. The van der Waals surface area contributed by atoms with E-state index in [1.807, 2.05) is 49.4 Å². The third-order valence-corrected chi connectivity index (χ3v) is 5.14. The summed E-state index contributed by atoms with van der Waals surface area (Å²) in [4.78, 5) is 13.4. The average molecular weight is 334 g/mol. The maximum atomic E-state index is 12.3. The quantitative estimate of drug-likeness (QED) is 0.829. The number of hydrogen-bond acceptors (Lipinski definition) is 2. The fourth-order valence-electron chi connectivity index (χ4n) is 2.18. The summed E-state index contributed by atoms with van der Waals surface area (Å²) in [7, 11) is 0. The summed E-state index contributed by atoms with van der Waals surface area (Å²) in [6.07, 6.45) is 0. The molecule has 0 fully saturated rings. The summed E-state index contributed by atoms with van der Waals surface area (Å²) in [5.74, 6) is 0.0405. The molecule has 1 heterocycles. The molecule has 0 radical (unpaired) electrons. The van der Waals surface area contributed by atoms with Crippen molar-refractivity contribution in [2.24, 2.45) is 0 Å². The zero-order valence-corrected chi connectivity index (χ0v) is 12.7. The van der Waals surface area contributed by atoms with E-state index in [1.165, 1.54) is 0 Å². The van der Waals surface area contributed by atoms with Crippen molar-refractivity contribution in [3.8, 4) is 0 Å². The molecule has 0 bridgehead atoms. The molecule has 1 aliphatic heterocycles. The van der Waals surface area contributed by atoms with Gasteiger partial charge in [-0.15, -0.1) is 11.8 Å². The van der Waals surface area contributed by atoms with Gasteiger partial charge in [-0.1, -0.05) is 30.3 Å². The predicted molar refractivity (Wildman–Crippen MR) is 82.5 cm³/mol. The molecule has 2 aromatic carbocycles. The van der Waals surface area contributed by atoms with Crippen molar-refractivity contribution < 1.29 is 4.79 Å². The van der Waals surface area contributed by atoms with Gasteiger partial charge in [-0.2, -0.15) is 0 Å². The molecule has 0 saturated heterocycles. The van der Waals surface area contributed by atoms with Crippen LogP contribution in [0, 0.1) is 6.92 Å². The largest absolute Gasteiger partial charge is 0.323 e. The van der Waals surface area contributed by atoms with E-state index in [0.29, 0.717) is 0 Å². The minimum Gasteiger partial charge on any atom is -0.323 e. The van der Waals surface area contributed by atoms with Gasteiger partial charge in [0.2, 0.25) is 5.91 Å². The van der Waals surface area contributed by atoms with Gasteiger partial charge in [0, 0.05) is 9.37 Å². The van der Waals surface area contributed by atoms with Gasteiger partial charge in [0.25, 0.3) is 0 Å². The molecule has 1 aliphatic rings. The van der Waals surface area contributed by atoms with Crippen LogP contribution in [0.3, 0.4) is 0 Å². The highest BCUT2D eigenvalue weighted by atomic mass is 79.9. The predicted octanol–water partition coefficient (Wildman–Crippen LogP) is 4.54. The number of rotatable bonds is 1. The molecule has 1 unspecified atom stereocenters. The summed E-state index contributed by atoms with van der Waals surface area (Å²) < 4.78 is 0.925. The first-order chi connectivity index (χ1) is 9.16. The van der Waals surface area contributed by atoms with E-state index in [4.69, 9.17) is 0 Å². The molecule has 19 heavy (non-hydrogen) atoms. The van der Waals surface area contributed by atoms with Gasteiger partial charge in [0.05, 0.1) is 5.69 Å². The molecule has 0 aliphatic carbocycles. The van der Waals surface area contributed by atoms with E-state index in [0.717, 1.165) is 26.2 Å². The zero-order valence-electron chi connectivity index (χ0n) is 10.3. The lowest BCUT2D eigenvalue weighted by Gasteiger charge is -2.26. The molecule has 0 aromatic heterocycles. The van der Waals surface area contributed by atoms with E-state index < -0.39 is 0 Å². The van der Waals surface area contributed by atoms with Crippen LogP contribution in [0.2, 0.25) is 0 Å². The number of para-hydroxylation sites is 1. The van der Waals surface area contributed by atoms with Crippen molar-refractivity contribution in [1.82, 2.24) is 0 Å². The van der Waals surface area contributed by atoms with Crippen molar-refractivity contribution in [2.45, 2.75) is 17.1 Å². The highest BCUT2D eigenvalue weighted by Crippen LogP contribution is 2.46. The van der Waals surface area contributed by atoms with Gasteiger partial charge in [-0.05, 0) is 46.1 Å². The molecule has 1 amide bonds. The van der Waals surface area contributed by atoms with E-state index in [-0.39, 0.29) is 11.2 Å². The highest BCUT2D eigenvalue weighted by molar-refractivity contribution is 9.10. The van der Waals surface area contributed by atoms with E-state index in [1.54, 1.807) is 11.8 Å². The van der Waals surface area contributed by atoms with Gasteiger partial charge in [-0.25, -0.2) is 0 Å². The van der Waals surface area contributed by atoms with Crippen LogP contribution in [0.5, 0.6) is 0 Å². The Morgan fingerprint density at radius 2 is 1.95 bits per heavy atom. The molecule has 2 aromatic rings. The third kappa shape index (κ3) is 2.30. The first-order valence-electron chi connectivity index (χ1n) is 5.98. The number of fused-ring (bicyclic) bond motifs is 1. The first-order valence-corrected chi connectivity index (χ1v) is 7.65. The van der Waals surface area contributed by atoms with Gasteiger partial charge < -0.3 is 5.32 Å². The summed E-state index contributed by atoms with van der Waals surface area (Å²) in [5, 5.41) is 2.82. The maximum Gasteiger partial charge on any atom is 0.242 e. The van der Waals surface area contributed by atoms with Crippen LogP contribution in [-0.4, -0.2) is 5.91 Å². The lowest BCUT2D eigenvalue weighted by Crippen LogP contribution is -2.23. The summed E-state index contributed by atoms with van der Waals surface area (Å²) >= 11 is 5.08. The minimum absolute atomic E-state index is 0.0405. The lowest BCUT2D eigenvalue weighted by atomic mass is 10.0. The van der Waals surface area contributed by atoms with Crippen molar-refractivity contribution in [3.05, 3.63) is 58.1 Å². The molecule has 1 atom stereocenters. The van der Waals surface area contributed by atoms with Gasteiger partial charge in [0.1, 0.15) is 5.25 Å². The van der Waals surface area contributed by atoms with Crippen LogP contribution in [0.1, 0.15) is 16.4 Å². The number of halogens is 1. The monoisotopic (exact) mass is 333 g/mol. The summed E-state index contributed by atoms with van der Waals surface area (Å²) in [6, 6.07) is 14.0. The van der Waals surface area contributed by atoms with Crippen LogP contribution < -0.4 is 5.32 Å². The molecule has 96 valence electrons. The average Bonchev–Trinajstić information content (AvgIpc) is 2.40. The van der Waals surface area contributed by atoms with Crippen LogP contribution >= 0.6 is 27.7 Å². The fourth-order valence-corrected chi connectivity index (χ4v) is 4.02. The number of carbonyl (C=O) groups is 1. The minimum atomic E-state index is -0.178. The normalized spacial score (nSPS) is 17.8. The van der Waals surface area contributed by atoms with Crippen molar-refractivity contribution in [2.75, 3.05) is 5.32 Å². The maximum absolute atomic E-state index is 12.3. The lowest BCUT2D eigenvalue weighted by molar-refractivity contribution is -0.115. The smallest absolute Gasteiger partial charge is 0.242 e. The Morgan fingerprint density at radius 1 is 1.16 bits per heavy atom. The van der Waals surface area contributed by atoms with Gasteiger partial charge in [0.15, 0.2) is 0 Å². The first kappa shape index (κ1) is 12.8. The summed E-state index contributed by atoms with van der Waals surface area (Å²) in [6.45, 7) is 2.04. The molecular formula is C15H12BrNOS. The number of carbonyl (C=O) groups excluding carboxylic acids is 1. The molecule has 2 nitrogen and oxygen atoms in total. The Bertz CT molecular complexity index is 656. The Hall–Kier alpha value is -1.26. The third-order valence-electron chi connectivity index (χ3n) is 3.18. The SMILES string of the molecule is Cc1ccccc1C1Sc2cccc(Br)c2NC1=O. The Balaban J connectivity index is 2.03. The number of amides is 1. The van der Waals surface area contributed by atoms with Crippen molar-refractivity contribution in [3.63, 3.8) is 0 Å². The van der Waals surface area contributed by atoms with E-state index in [2.05, 4.69) is 21.2 Å². The van der Waals surface area contributed by atoms with Gasteiger partial charge in [-0.3, -0.25) is 4.79 Å². The second-order valence-electron chi connectivity index (χ2n) is 4.46. The van der Waals surface area contributed by atoms with Crippen LogP contribution in [-0.2, 0) is 4.79 Å². The Morgan fingerprint density at radius 3 is 2.74 bits per heavy atom. The number of anilines is 1. The zero-order chi connectivity index (χ0) is 13.4. The van der Waals surface area contributed by atoms with Gasteiger partial charge >= 0.3 is 0 Å². The van der Waals surface area contributed by atoms with Crippen molar-refractivity contribution in [1.29, 1.82) is 0 Å². The topological polar surface area (TPSA) is 29.1 Å². The molecule has 0 saturated carbocycles. The van der Waals surface area contributed by atoms with Crippen molar-refractivity contribution >= 4 is 39.3 Å². The fraction of sp³-hybridized carbons (Fsp3) is 0.133. The van der Waals surface area contributed by atoms with E-state index in [9.17, 15) is 4.79 Å². The van der Waals surface area contributed by atoms with Crippen LogP contribution in [0.4, 0.5) is 5.69 Å².